The first-order valence-corrected chi connectivity index (χ1v) is 5.55. The zero-order chi connectivity index (χ0) is 14.2. The third kappa shape index (κ3) is 8.77. The van der Waals surface area contributed by atoms with Gasteiger partial charge in [0, 0.05) is 7.11 Å². The lowest BCUT2D eigenvalue weighted by molar-refractivity contribution is -0.141. The Kier molecular flexibility index (Phi) is 7.30. The van der Waals surface area contributed by atoms with E-state index < -0.39 is 23.7 Å². The summed E-state index contributed by atoms with van der Waals surface area (Å²) in [6, 6.07) is -1.14. The summed E-state index contributed by atoms with van der Waals surface area (Å²) in [7, 11) is 1.51. The summed E-state index contributed by atoms with van der Waals surface area (Å²) < 4.78 is 14.8. The molecule has 106 valence electrons. The van der Waals surface area contributed by atoms with Crippen LogP contribution in [0.4, 0.5) is 4.79 Å². The molecule has 0 aliphatic rings. The fourth-order valence-corrected chi connectivity index (χ4v) is 0.968. The normalized spacial score (nSPS) is 12.9. The largest absolute Gasteiger partial charge is 0.480 e. The van der Waals surface area contributed by atoms with Crippen molar-refractivity contribution in [3.8, 4) is 0 Å². The number of methoxy groups -OCH3 is 1. The molecule has 0 aromatic carbocycles. The highest BCUT2D eigenvalue weighted by molar-refractivity contribution is 5.80. The maximum atomic E-state index is 11.4. The molecule has 0 aromatic rings. The van der Waals surface area contributed by atoms with E-state index in [1.807, 2.05) is 0 Å². The Balaban J connectivity index is 4.11. The van der Waals surface area contributed by atoms with E-state index in [9.17, 15) is 9.59 Å². The summed E-state index contributed by atoms with van der Waals surface area (Å²) in [4.78, 5) is 22.3. The molecule has 7 nitrogen and oxygen atoms in total. The van der Waals surface area contributed by atoms with Crippen LogP contribution in [-0.2, 0) is 19.0 Å². The van der Waals surface area contributed by atoms with E-state index >= 15 is 0 Å². The Bertz CT molecular complexity index is 273. The number of alkyl carbamates (subject to hydrolysis) is 1. The summed E-state index contributed by atoms with van der Waals surface area (Å²) in [5, 5.41) is 11.1. The molecule has 18 heavy (non-hydrogen) atoms. The van der Waals surface area contributed by atoms with Gasteiger partial charge in [-0.3, -0.25) is 0 Å². The van der Waals surface area contributed by atoms with Crippen LogP contribution in [0.25, 0.3) is 0 Å². The topological polar surface area (TPSA) is 94.1 Å². The molecule has 0 spiro atoms. The molecule has 0 aliphatic carbocycles. The first-order valence-electron chi connectivity index (χ1n) is 5.55. The predicted molar refractivity (Wildman–Crippen MR) is 63.5 cm³/mol. The van der Waals surface area contributed by atoms with Crippen LogP contribution < -0.4 is 5.32 Å². The van der Waals surface area contributed by atoms with Gasteiger partial charge in [-0.1, -0.05) is 0 Å². The highest BCUT2D eigenvalue weighted by Gasteiger charge is 2.23. The number of carboxylic acids is 1. The number of carbonyl (C=O) groups is 2. The molecule has 7 heteroatoms. The number of hydrogen-bond acceptors (Lipinski definition) is 5. The standard InChI is InChI=1S/C11H21NO6/c1-11(2,3)18-10(15)12-8(9(13)14)7-17-6-5-16-4/h8H,5-7H2,1-4H3,(H,12,15)(H,13,14)/t8-/m0/s1. The Labute approximate surface area is 106 Å². The first kappa shape index (κ1) is 16.7. The van der Waals surface area contributed by atoms with Crippen molar-refractivity contribution in [2.45, 2.75) is 32.4 Å². The minimum atomic E-state index is -1.18. The van der Waals surface area contributed by atoms with Gasteiger partial charge < -0.3 is 24.6 Å². The highest BCUT2D eigenvalue weighted by Crippen LogP contribution is 2.06. The average molecular weight is 263 g/mol. The molecule has 0 fully saturated rings. The monoisotopic (exact) mass is 263 g/mol. The molecule has 1 atom stereocenters. The fourth-order valence-electron chi connectivity index (χ4n) is 0.968. The summed E-state index contributed by atoms with van der Waals surface area (Å²) >= 11 is 0. The number of aliphatic carboxylic acids is 1. The summed E-state index contributed by atoms with van der Waals surface area (Å²) in [5.41, 5.74) is -0.677. The van der Waals surface area contributed by atoms with Gasteiger partial charge in [-0.15, -0.1) is 0 Å². The third-order valence-electron chi connectivity index (χ3n) is 1.71. The van der Waals surface area contributed by atoms with E-state index in [4.69, 9.17) is 19.3 Å². The quantitative estimate of drug-likeness (QED) is 0.654. The van der Waals surface area contributed by atoms with E-state index in [1.165, 1.54) is 7.11 Å². The highest BCUT2D eigenvalue weighted by atomic mass is 16.6. The van der Waals surface area contributed by atoms with Gasteiger partial charge in [-0.05, 0) is 20.8 Å². The molecule has 0 heterocycles. The van der Waals surface area contributed by atoms with E-state index in [0.29, 0.717) is 6.61 Å². The van der Waals surface area contributed by atoms with Crippen molar-refractivity contribution in [3.63, 3.8) is 0 Å². The molecule has 0 saturated heterocycles. The maximum absolute atomic E-state index is 11.4. The Hall–Kier alpha value is -1.34. The number of ether oxygens (including phenoxy) is 3. The minimum absolute atomic E-state index is 0.141. The fraction of sp³-hybridized carbons (Fsp3) is 0.818. The van der Waals surface area contributed by atoms with Crippen LogP contribution in [0.15, 0.2) is 0 Å². The van der Waals surface area contributed by atoms with Crippen LogP contribution >= 0.6 is 0 Å². The van der Waals surface area contributed by atoms with E-state index in [2.05, 4.69) is 5.32 Å². The van der Waals surface area contributed by atoms with Crippen molar-refractivity contribution in [1.29, 1.82) is 0 Å². The van der Waals surface area contributed by atoms with Crippen molar-refractivity contribution >= 4 is 12.1 Å². The lowest BCUT2D eigenvalue weighted by Gasteiger charge is -2.21. The molecule has 2 N–H and O–H groups in total. The van der Waals surface area contributed by atoms with E-state index in [1.54, 1.807) is 20.8 Å². The molecule has 0 bridgehead atoms. The van der Waals surface area contributed by atoms with Crippen molar-refractivity contribution < 1.29 is 28.9 Å². The Morgan fingerprint density at radius 2 is 1.89 bits per heavy atom. The van der Waals surface area contributed by atoms with Gasteiger partial charge in [0.2, 0.25) is 0 Å². The number of carbonyl (C=O) groups excluding carboxylic acids is 1. The van der Waals surface area contributed by atoms with Crippen molar-refractivity contribution in [2.24, 2.45) is 0 Å². The number of carboxylic acid groups (broad SMARTS) is 1. The Morgan fingerprint density at radius 3 is 2.33 bits per heavy atom. The van der Waals surface area contributed by atoms with Crippen LogP contribution in [0.3, 0.4) is 0 Å². The summed E-state index contributed by atoms with van der Waals surface area (Å²) in [5.74, 6) is -1.18. The maximum Gasteiger partial charge on any atom is 0.408 e. The Morgan fingerprint density at radius 1 is 1.28 bits per heavy atom. The van der Waals surface area contributed by atoms with E-state index in [-0.39, 0.29) is 13.2 Å². The molecule has 0 saturated carbocycles. The molecular formula is C11H21NO6. The van der Waals surface area contributed by atoms with Gasteiger partial charge in [-0.25, -0.2) is 9.59 Å². The molecule has 0 radical (unpaired) electrons. The third-order valence-corrected chi connectivity index (χ3v) is 1.71. The summed E-state index contributed by atoms with van der Waals surface area (Å²) in [6.45, 7) is 5.55. The molecule has 0 unspecified atom stereocenters. The molecule has 0 aromatic heterocycles. The molecule has 0 aliphatic heterocycles. The van der Waals surface area contributed by atoms with Crippen LogP contribution in [0.5, 0.6) is 0 Å². The van der Waals surface area contributed by atoms with E-state index in [0.717, 1.165) is 0 Å². The SMILES string of the molecule is COCCOC[C@H](NC(=O)OC(C)(C)C)C(=O)O. The first-order chi connectivity index (χ1) is 8.26. The van der Waals surface area contributed by atoms with Gasteiger partial charge in [0.25, 0.3) is 0 Å². The van der Waals surface area contributed by atoms with Gasteiger partial charge in [0.15, 0.2) is 6.04 Å². The molecule has 0 rings (SSSR count). The van der Waals surface area contributed by atoms with Gasteiger partial charge in [0.05, 0.1) is 19.8 Å². The van der Waals surface area contributed by atoms with Crippen LogP contribution in [0, 0.1) is 0 Å². The van der Waals surface area contributed by atoms with Crippen LogP contribution in [0.2, 0.25) is 0 Å². The zero-order valence-electron chi connectivity index (χ0n) is 11.2. The van der Waals surface area contributed by atoms with Gasteiger partial charge in [-0.2, -0.15) is 0 Å². The lowest BCUT2D eigenvalue weighted by Crippen LogP contribution is -2.46. The summed E-state index contributed by atoms with van der Waals surface area (Å²) in [6.07, 6.45) is -0.787. The number of rotatable bonds is 7. The number of hydrogen-bond donors (Lipinski definition) is 2. The van der Waals surface area contributed by atoms with Gasteiger partial charge in [0.1, 0.15) is 5.60 Å². The van der Waals surface area contributed by atoms with Crippen molar-refractivity contribution in [3.05, 3.63) is 0 Å². The molecular weight excluding hydrogens is 242 g/mol. The number of amides is 1. The second-order valence-electron chi connectivity index (χ2n) is 4.60. The zero-order valence-corrected chi connectivity index (χ0v) is 11.2. The van der Waals surface area contributed by atoms with Gasteiger partial charge >= 0.3 is 12.1 Å². The van der Waals surface area contributed by atoms with Crippen molar-refractivity contribution in [2.75, 3.05) is 26.9 Å². The van der Waals surface area contributed by atoms with Crippen LogP contribution in [0.1, 0.15) is 20.8 Å². The molecule has 1 amide bonds. The predicted octanol–water partition coefficient (Wildman–Crippen LogP) is 0.627. The smallest absolute Gasteiger partial charge is 0.408 e. The van der Waals surface area contributed by atoms with Crippen molar-refractivity contribution in [1.82, 2.24) is 5.32 Å². The minimum Gasteiger partial charge on any atom is -0.480 e. The second kappa shape index (κ2) is 7.88. The number of nitrogens with one attached hydrogen (secondary N) is 1. The average Bonchev–Trinajstić information content (AvgIpc) is 2.19. The second-order valence-corrected chi connectivity index (χ2v) is 4.60. The lowest BCUT2D eigenvalue weighted by atomic mass is 10.2. The van der Waals surface area contributed by atoms with Crippen LogP contribution in [-0.4, -0.2) is 55.7 Å².